The molecule has 0 spiro atoms. The summed E-state index contributed by atoms with van der Waals surface area (Å²) in [4.78, 5) is 39.9. The molecule has 1 aliphatic rings. The summed E-state index contributed by atoms with van der Waals surface area (Å²) in [7, 11) is 1.26. The highest BCUT2D eigenvalue weighted by molar-refractivity contribution is 6.30. The number of β-amino-alcohol motifs (C(OH)–C–C–N with tert-alkyl or cyclic N) is 1. The molecule has 0 saturated carbocycles. The lowest BCUT2D eigenvalue weighted by atomic mass is 9.65. The fourth-order valence-electron chi connectivity index (χ4n) is 4.75. The van der Waals surface area contributed by atoms with Crippen molar-refractivity contribution < 1.29 is 29.3 Å². The van der Waals surface area contributed by atoms with E-state index >= 15 is 0 Å². The number of aliphatic hydroxyl groups excluding tert-OH is 1. The highest BCUT2D eigenvalue weighted by Crippen LogP contribution is 2.46. The number of carbonyl (C=O) groups excluding carboxylic acids is 3. The Balaban J connectivity index is 1.82. The molecule has 0 unspecified atom stereocenters. The molecule has 2 aromatic rings. The van der Waals surface area contributed by atoms with E-state index in [9.17, 15) is 24.6 Å². The Hall–Kier alpha value is -2.94. The fraction of sp³-hybridized carbons (Fsp3) is 0.444. The molecule has 8 nitrogen and oxygen atoms in total. The van der Waals surface area contributed by atoms with Gasteiger partial charge in [-0.1, -0.05) is 57.5 Å². The van der Waals surface area contributed by atoms with Crippen LogP contribution in [0.1, 0.15) is 54.0 Å². The minimum absolute atomic E-state index is 0.113. The highest BCUT2D eigenvalue weighted by atomic mass is 35.5. The second kappa shape index (κ2) is 10.6. The smallest absolute Gasteiger partial charge is 0.337 e. The molecule has 2 amide bonds. The molecule has 3 rings (SSSR count). The number of halogens is 1. The van der Waals surface area contributed by atoms with Gasteiger partial charge in [0, 0.05) is 29.1 Å². The third-order valence-corrected chi connectivity index (χ3v) is 7.11. The molecule has 0 bridgehead atoms. The molecule has 194 valence electrons. The van der Waals surface area contributed by atoms with Crippen molar-refractivity contribution in [1.82, 2.24) is 10.2 Å². The van der Waals surface area contributed by atoms with Gasteiger partial charge >= 0.3 is 5.97 Å². The Kier molecular flexibility index (Phi) is 8.13. The van der Waals surface area contributed by atoms with Gasteiger partial charge in [-0.25, -0.2) is 4.79 Å². The van der Waals surface area contributed by atoms with Gasteiger partial charge in [-0.2, -0.15) is 0 Å². The number of ether oxygens (including phenoxy) is 1. The number of hydrogen-bond acceptors (Lipinski definition) is 6. The van der Waals surface area contributed by atoms with Crippen molar-refractivity contribution >= 4 is 29.4 Å². The van der Waals surface area contributed by atoms with E-state index < -0.39 is 35.0 Å². The Morgan fingerprint density at radius 1 is 1.11 bits per heavy atom. The molecule has 1 saturated heterocycles. The number of amides is 2. The quantitative estimate of drug-likeness (QED) is 0.508. The van der Waals surface area contributed by atoms with Crippen molar-refractivity contribution in [2.45, 2.75) is 45.4 Å². The second-order valence-electron chi connectivity index (χ2n) is 10.2. The molecule has 1 aliphatic heterocycles. The van der Waals surface area contributed by atoms with Crippen LogP contribution < -0.4 is 5.32 Å². The van der Waals surface area contributed by atoms with Crippen LogP contribution in [-0.4, -0.2) is 65.2 Å². The molecular weight excluding hydrogens is 484 g/mol. The summed E-state index contributed by atoms with van der Waals surface area (Å²) in [5, 5.41) is 26.0. The van der Waals surface area contributed by atoms with E-state index in [1.807, 2.05) is 13.8 Å². The van der Waals surface area contributed by atoms with Crippen LogP contribution in [0.4, 0.5) is 0 Å². The summed E-state index contributed by atoms with van der Waals surface area (Å²) in [6.45, 7) is 7.22. The van der Waals surface area contributed by atoms with Crippen molar-refractivity contribution in [2.24, 2.45) is 11.3 Å². The van der Waals surface area contributed by atoms with Gasteiger partial charge in [-0.3, -0.25) is 9.59 Å². The van der Waals surface area contributed by atoms with Crippen molar-refractivity contribution in [2.75, 3.05) is 20.2 Å². The summed E-state index contributed by atoms with van der Waals surface area (Å²) in [6.07, 6.45) is -1.27. The number of carbonyl (C=O) groups is 3. The number of piperidine rings is 1. The Bertz CT molecular complexity index is 1130. The third-order valence-electron chi connectivity index (χ3n) is 6.85. The summed E-state index contributed by atoms with van der Waals surface area (Å²) >= 11 is 6.00. The number of aliphatic hydroxyl groups is 2. The average molecular weight is 517 g/mol. The standard InChI is InChI=1S/C27H33ClN2O6/c1-16(2)22(29-23(32)17-7-6-8-18(13-17)25(34)36-5)24(33)30-14-21(31)27(35,26(3,4)15-30)19-9-11-20(28)12-10-19/h6-13,16,21-22,31,35H,14-15H2,1-5H3,(H,29,32)/t21-,22-,27-/m1/s1. The number of nitrogens with zero attached hydrogens (tertiary/aromatic N) is 1. The van der Waals surface area contributed by atoms with Gasteiger partial charge in [0.15, 0.2) is 0 Å². The summed E-state index contributed by atoms with van der Waals surface area (Å²) in [5.74, 6) is -1.71. The van der Waals surface area contributed by atoms with E-state index in [-0.39, 0.29) is 36.0 Å². The van der Waals surface area contributed by atoms with Gasteiger partial charge in [0.1, 0.15) is 17.7 Å². The first-order valence-electron chi connectivity index (χ1n) is 11.8. The summed E-state index contributed by atoms with van der Waals surface area (Å²) in [5.41, 5.74) is -1.59. The lowest BCUT2D eigenvalue weighted by Crippen LogP contribution is -2.66. The van der Waals surface area contributed by atoms with E-state index in [0.29, 0.717) is 10.6 Å². The summed E-state index contributed by atoms with van der Waals surface area (Å²) in [6, 6.07) is 11.8. The van der Waals surface area contributed by atoms with Crippen LogP contribution in [0.15, 0.2) is 48.5 Å². The molecule has 9 heteroatoms. The predicted molar refractivity (Wildman–Crippen MR) is 136 cm³/mol. The zero-order valence-electron chi connectivity index (χ0n) is 21.1. The van der Waals surface area contributed by atoms with Crippen LogP contribution in [-0.2, 0) is 15.1 Å². The number of nitrogens with one attached hydrogen (secondary N) is 1. The van der Waals surface area contributed by atoms with E-state index in [4.69, 9.17) is 16.3 Å². The molecule has 36 heavy (non-hydrogen) atoms. The number of methoxy groups -OCH3 is 1. The maximum atomic E-state index is 13.6. The van der Waals surface area contributed by atoms with Crippen molar-refractivity contribution in [3.8, 4) is 0 Å². The zero-order chi connectivity index (χ0) is 26.8. The maximum absolute atomic E-state index is 13.6. The number of benzene rings is 2. The minimum Gasteiger partial charge on any atom is -0.465 e. The molecule has 0 radical (unpaired) electrons. The largest absolute Gasteiger partial charge is 0.465 e. The number of hydrogen-bond donors (Lipinski definition) is 3. The molecule has 0 aromatic heterocycles. The van der Waals surface area contributed by atoms with E-state index in [1.165, 1.54) is 24.1 Å². The van der Waals surface area contributed by atoms with Gasteiger partial charge in [-0.05, 0) is 41.8 Å². The Morgan fingerprint density at radius 3 is 2.28 bits per heavy atom. The topological polar surface area (TPSA) is 116 Å². The minimum atomic E-state index is -1.61. The van der Waals surface area contributed by atoms with Crippen LogP contribution in [0.25, 0.3) is 0 Å². The first-order chi connectivity index (χ1) is 16.8. The van der Waals surface area contributed by atoms with Crippen molar-refractivity contribution in [3.05, 3.63) is 70.2 Å². The number of rotatable bonds is 6. The lowest BCUT2D eigenvalue weighted by molar-refractivity contribution is -0.200. The van der Waals surface area contributed by atoms with E-state index in [2.05, 4.69) is 5.32 Å². The van der Waals surface area contributed by atoms with E-state index in [0.717, 1.165) is 0 Å². The third kappa shape index (κ3) is 5.26. The normalized spacial score (nSPS) is 22.1. The van der Waals surface area contributed by atoms with Gasteiger partial charge in [-0.15, -0.1) is 0 Å². The number of likely N-dealkylation sites (tertiary alicyclic amines) is 1. The zero-order valence-corrected chi connectivity index (χ0v) is 21.9. The monoisotopic (exact) mass is 516 g/mol. The van der Waals surface area contributed by atoms with Gasteiger partial charge in [0.05, 0.1) is 12.7 Å². The van der Waals surface area contributed by atoms with Crippen LogP contribution in [0.2, 0.25) is 5.02 Å². The van der Waals surface area contributed by atoms with E-state index in [1.54, 1.807) is 50.2 Å². The van der Waals surface area contributed by atoms with Crippen LogP contribution in [0.3, 0.4) is 0 Å². The van der Waals surface area contributed by atoms with Crippen molar-refractivity contribution in [3.63, 3.8) is 0 Å². The molecule has 1 heterocycles. The SMILES string of the molecule is COC(=O)c1cccc(C(=O)N[C@@H](C(=O)N2C[C@@H](O)[C@](O)(c3ccc(Cl)cc3)C(C)(C)C2)C(C)C)c1. The molecule has 3 N–H and O–H groups in total. The highest BCUT2D eigenvalue weighted by Gasteiger charge is 2.55. The first kappa shape index (κ1) is 27.6. The Labute approximate surface area is 216 Å². The average Bonchev–Trinajstić information content (AvgIpc) is 2.84. The van der Waals surface area contributed by atoms with Gasteiger partial charge in [0.25, 0.3) is 5.91 Å². The van der Waals surface area contributed by atoms with Crippen molar-refractivity contribution in [1.29, 1.82) is 0 Å². The van der Waals surface area contributed by atoms with Crippen LogP contribution >= 0.6 is 11.6 Å². The predicted octanol–water partition coefficient (Wildman–Crippen LogP) is 3.00. The first-order valence-corrected chi connectivity index (χ1v) is 12.1. The molecule has 1 fully saturated rings. The van der Waals surface area contributed by atoms with Gasteiger partial charge < -0.3 is 25.2 Å². The second-order valence-corrected chi connectivity index (χ2v) is 10.6. The molecular formula is C27H33ClN2O6. The molecule has 3 atom stereocenters. The fourth-order valence-corrected chi connectivity index (χ4v) is 4.88. The van der Waals surface area contributed by atoms with Crippen LogP contribution in [0.5, 0.6) is 0 Å². The Morgan fingerprint density at radius 2 is 1.72 bits per heavy atom. The summed E-state index contributed by atoms with van der Waals surface area (Å²) < 4.78 is 4.71. The lowest BCUT2D eigenvalue weighted by Gasteiger charge is -2.53. The molecule has 2 aromatic carbocycles. The molecule has 0 aliphatic carbocycles. The number of esters is 1. The van der Waals surface area contributed by atoms with Crippen LogP contribution in [0, 0.1) is 11.3 Å². The van der Waals surface area contributed by atoms with Gasteiger partial charge in [0.2, 0.25) is 5.91 Å². The maximum Gasteiger partial charge on any atom is 0.337 e.